The number of allylic oxidation sites excluding steroid dienone is 6. The minimum absolute atomic E-state index is 0.586. The zero-order valence-electron chi connectivity index (χ0n) is 24.8. The summed E-state index contributed by atoms with van der Waals surface area (Å²) in [6.45, 7) is 26.8. The Morgan fingerprint density at radius 3 is 1.57 bits per heavy atom. The second-order valence-electron chi connectivity index (χ2n) is 11.4. The van der Waals surface area contributed by atoms with Crippen LogP contribution < -0.4 is 0 Å². The second-order valence-corrected chi connectivity index (χ2v) is 11.4. The highest BCUT2D eigenvalue weighted by Gasteiger charge is 2.11. The van der Waals surface area contributed by atoms with Crippen LogP contribution >= 0.6 is 0 Å². The zero-order valence-corrected chi connectivity index (χ0v) is 24.8. The molecule has 0 saturated heterocycles. The highest BCUT2D eigenvalue weighted by Crippen LogP contribution is 2.28. The van der Waals surface area contributed by atoms with Crippen molar-refractivity contribution in [3.05, 3.63) is 94.4 Å². The third-order valence-electron chi connectivity index (χ3n) is 6.51. The Kier molecular flexibility index (Phi) is 13.2. The third kappa shape index (κ3) is 9.71. The predicted octanol–water partition coefficient (Wildman–Crippen LogP) is 11.0. The molecular weight excluding hydrogens is 422 g/mol. The molecular formula is C34H53N. The van der Waals surface area contributed by atoms with Crippen molar-refractivity contribution in [2.75, 3.05) is 0 Å². The van der Waals surface area contributed by atoms with Crippen molar-refractivity contribution in [1.82, 2.24) is 4.57 Å². The molecule has 0 N–H and O–H groups in total. The number of rotatable bonds is 5. The topological polar surface area (TPSA) is 4.93 Å². The molecule has 35 heavy (non-hydrogen) atoms. The van der Waals surface area contributed by atoms with E-state index in [1.807, 2.05) is 0 Å². The molecule has 0 spiro atoms. The van der Waals surface area contributed by atoms with Crippen LogP contribution in [0.4, 0.5) is 0 Å². The van der Waals surface area contributed by atoms with Crippen LogP contribution in [0.15, 0.2) is 77.5 Å². The minimum atomic E-state index is 0.586. The summed E-state index contributed by atoms with van der Waals surface area (Å²) in [5.74, 6) is 2.57. The smallest absolute Gasteiger partial charge is 0.0276 e. The van der Waals surface area contributed by atoms with Gasteiger partial charge in [0.2, 0.25) is 0 Å². The normalized spacial score (nSPS) is 13.2. The molecule has 1 aromatic carbocycles. The summed E-state index contributed by atoms with van der Waals surface area (Å²) in [4.78, 5) is 0. The van der Waals surface area contributed by atoms with E-state index in [0.717, 1.165) is 6.42 Å². The van der Waals surface area contributed by atoms with E-state index in [0.29, 0.717) is 29.7 Å². The van der Waals surface area contributed by atoms with Crippen molar-refractivity contribution in [2.24, 2.45) is 5.92 Å². The molecule has 0 bridgehead atoms. The van der Waals surface area contributed by atoms with E-state index < -0.39 is 0 Å². The van der Waals surface area contributed by atoms with Gasteiger partial charge >= 0.3 is 0 Å². The molecule has 1 nitrogen and oxygen atoms in total. The lowest BCUT2D eigenvalue weighted by Gasteiger charge is -2.18. The predicted molar refractivity (Wildman–Crippen MR) is 159 cm³/mol. The van der Waals surface area contributed by atoms with Gasteiger partial charge in [-0.3, -0.25) is 0 Å². The van der Waals surface area contributed by atoms with Gasteiger partial charge in [-0.15, -0.1) is 0 Å². The Bertz CT molecular complexity index is 920. The first kappa shape index (κ1) is 30.8. The van der Waals surface area contributed by atoms with E-state index in [4.69, 9.17) is 0 Å². The fraction of sp³-hybridized carbons (Fsp3) is 0.529. The van der Waals surface area contributed by atoms with Gasteiger partial charge in [-0.25, -0.2) is 0 Å². The maximum Gasteiger partial charge on any atom is 0.0276 e. The van der Waals surface area contributed by atoms with Gasteiger partial charge in [0.05, 0.1) is 0 Å². The SMILES string of the molecule is CC(C)=C1CC=CC=C1C(C)C.CC(C)c1ccccc1C(C)C.CC(C)c1cccn1C(C)C. The molecule has 0 saturated carbocycles. The van der Waals surface area contributed by atoms with E-state index in [9.17, 15) is 0 Å². The minimum Gasteiger partial charge on any atom is -0.349 e. The number of nitrogens with zero attached hydrogens (tertiary/aromatic N) is 1. The van der Waals surface area contributed by atoms with E-state index in [1.54, 1.807) is 0 Å². The first-order valence-electron chi connectivity index (χ1n) is 13.7. The van der Waals surface area contributed by atoms with Crippen molar-refractivity contribution >= 4 is 0 Å². The lowest BCUT2D eigenvalue weighted by Crippen LogP contribution is -2.04. The molecule has 0 unspecified atom stereocenters. The van der Waals surface area contributed by atoms with Gasteiger partial charge in [0, 0.05) is 17.9 Å². The van der Waals surface area contributed by atoms with Crippen LogP contribution in [0, 0.1) is 5.92 Å². The molecule has 0 fully saturated rings. The third-order valence-corrected chi connectivity index (χ3v) is 6.51. The lowest BCUT2D eigenvalue weighted by molar-refractivity contribution is 0.560. The molecule has 0 amide bonds. The first-order chi connectivity index (χ1) is 16.4. The number of hydrogen-bond donors (Lipinski definition) is 0. The lowest BCUT2D eigenvalue weighted by atomic mass is 9.87. The Morgan fingerprint density at radius 2 is 1.23 bits per heavy atom. The van der Waals surface area contributed by atoms with Gasteiger partial charge < -0.3 is 4.57 Å². The van der Waals surface area contributed by atoms with E-state index in [1.165, 1.54) is 33.5 Å². The maximum atomic E-state index is 2.32. The van der Waals surface area contributed by atoms with Crippen molar-refractivity contribution in [3.8, 4) is 0 Å². The molecule has 2 aromatic rings. The van der Waals surface area contributed by atoms with E-state index in [-0.39, 0.29) is 0 Å². The Morgan fingerprint density at radius 1 is 0.686 bits per heavy atom. The van der Waals surface area contributed by atoms with Gasteiger partial charge in [0.25, 0.3) is 0 Å². The summed E-state index contributed by atoms with van der Waals surface area (Å²) in [5.41, 5.74) is 8.92. The van der Waals surface area contributed by atoms with Crippen LogP contribution in [-0.4, -0.2) is 4.57 Å². The Hall–Kier alpha value is -2.28. The molecule has 3 rings (SSSR count). The summed E-state index contributed by atoms with van der Waals surface area (Å²) in [6.07, 6.45) is 9.92. The quantitative estimate of drug-likeness (QED) is 0.405. The van der Waals surface area contributed by atoms with Gasteiger partial charge in [-0.05, 0) is 92.2 Å². The van der Waals surface area contributed by atoms with E-state index >= 15 is 0 Å². The number of aromatic nitrogens is 1. The van der Waals surface area contributed by atoms with Crippen molar-refractivity contribution < 1.29 is 0 Å². The molecule has 1 aliphatic rings. The summed E-state index contributed by atoms with van der Waals surface area (Å²) >= 11 is 0. The first-order valence-corrected chi connectivity index (χ1v) is 13.7. The van der Waals surface area contributed by atoms with Gasteiger partial charge in [0.1, 0.15) is 0 Å². The molecule has 1 aliphatic carbocycles. The molecule has 0 aliphatic heterocycles. The average molecular weight is 476 g/mol. The molecule has 1 heteroatoms. The van der Waals surface area contributed by atoms with Crippen molar-refractivity contribution in [2.45, 2.75) is 113 Å². The average Bonchev–Trinajstić information content (AvgIpc) is 3.31. The van der Waals surface area contributed by atoms with Crippen LogP contribution in [0.5, 0.6) is 0 Å². The standard InChI is InChI=1S/2C12H18.C10H17N/c2*1-9(2)11-7-5-6-8-12(11)10(3)4;1-8(2)10-6-5-7-11(10)9(3)4/h5-7,9H,8H2,1-4H3;5-10H,1-4H3;5-9H,1-4H3. The number of benzene rings is 1. The monoisotopic (exact) mass is 475 g/mol. The van der Waals surface area contributed by atoms with Crippen LogP contribution in [-0.2, 0) is 0 Å². The molecule has 0 radical (unpaired) electrons. The molecule has 0 atom stereocenters. The fourth-order valence-electron chi connectivity index (χ4n) is 4.54. The summed E-state index contributed by atoms with van der Waals surface area (Å²) in [7, 11) is 0. The fourth-order valence-corrected chi connectivity index (χ4v) is 4.54. The van der Waals surface area contributed by atoms with Crippen LogP contribution in [0.1, 0.15) is 130 Å². The molecule has 194 valence electrons. The molecule has 1 heterocycles. The summed E-state index contributed by atoms with van der Waals surface area (Å²) < 4.78 is 2.32. The summed E-state index contributed by atoms with van der Waals surface area (Å²) in [6, 6.07) is 13.6. The highest BCUT2D eigenvalue weighted by molar-refractivity contribution is 5.42. The van der Waals surface area contributed by atoms with Crippen LogP contribution in [0.3, 0.4) is 0 Å². The van der Waals surface area contributed by atoms with Crippen molar-refractivity contribution in [1.29, 1.82) is 0 Å². The zero-order chi connectivity index (χ0) is 26.7. The van der Waals surface area contributed by atoms with Gasteiger partial charge in [0.15, 0.2) is 0 Å². The highest BCUT2D eigenvalue weighted by atomic mass is 15.0. The maximum absolute atomic E-state index is 2.32. The van der Waals surface area contributed by atoms with Crippen LogP contribution in [0.2, 0.25) is 0 Å². The van der Waals surface area contributed by atoms with E-state index in [2.05, 4.69) is 148 Å². The largest absolute Gasteiger partial charge is 0.349 e. The summed E-state index contributed by atoms with van der Waals surface area (Å²) in [5, 5.41) is 0. The Balaban J connectivity index is 0.000000263. The van der Waals surface area contributed by atoms with Crippen LogP contribution in [0.25, 0.3) is 0 Å². The van der Waals surface area contributed by atoms with Gasteiger partial charge in [-0.1, -0.05) is 103 Å². The Labute approximate surface area is 218 Å². The van der Waals surface area contributed by atoms with Gasteiger partial charge in [-0.2, -0.15) is 0 Å². The van der Waals surface area contributed by atoms with Crippen molar-refractivity contribution in [3.63, 3.8) is 0 Å². The number of hydrogen-bond acceptors (Lipinski definition) is 0. The second kappa shape index (κ2) is 15.0. The molecule has 1 aromatic heterocycles.